The SMILES string of the molecule is COCCCOc1cc(C)ccc1CNC(=O)NCCC(=O)O. The molecule has 0 aliphatic rings. The second kappa shape index (κ2) is 10.4. The topological polar surface area (TPSA) is 96.9 Å². The predicted octanol–water partition coefficient (Wildman–Crippen LogP) is 1.68. The van der Waals surface area contributed by atoms with Gasteiger partial charge in [-0.05, 0) is 18.6 Å². The van der Waals surface area contributed by atoms with Gasteiger partial charge in [0.15, 0.2) is 0 Å². The number of carbonyl (C=O) groups excluding carboxylic acids is 1. The Balaban J connectivity index is 2.48. The van der Waals surface area contributed by atoms with Crippen molar-refractivity contribution >= 4 is 12.0 Å². The number of urea groups is 1. The van der Waals surface area contributed by atoms with Gasteiger partial charge in [0.1, 0.15) is 5.75 Å². The van der Waals surface area contributed by atoms with Crippen LogP contribution in [0.15, 0.2) is 18.2 Å². The minimum atomic E-state index is -0.949. The Bertz CT molecular complexity index is 519. The molecule has 1 aromatic carbocycles. The van der Waals surface area contributed by atoms with Crippen LogP contribution in [-0.4, -0.2) is 44.0 Å². The first-order chi connectivity index (χ1) is 11.0. The van der Waals surface area contributed by atoms with Crippen LogP contribution in [0.1, 0.15) is 24.0 Å². The van der Waals surface area contributed by atoms with Crippen molar-refractivity contribution in [1.82, 2.24) is 10.6 Å². The van der Waals surface area contributed by atoms with Crippen molar-refractivity contribution in [3.63, 3.8) is 0 Å². The molecule has 2 amide bonds. The smallest absolute Gasteiger partial charge is 0.315 e. The van der Waals surface area contributed by atoms with Gasteiger partial charge in [0.05, 0.1) is 13.0 Å². The minimum absolute atomic E-state index is 0.0927. The summed E-state index contributed by atoms with van der Waals surface area (Å²) >= 11 is 0. The van der Waals surface area contributed by atoms with E-state index in [9.17, 15) is 9.59 Å². The summed E-state index contributed by atoms with van der Waals surface area (Å²) in [7, 11) is 1.64. The average Bonchev–Trinajstić information content (AvgIpc) is 2.50. The van der Waals surface area contributed by atoms with Gasteiger partial charge in [-0.2, -0.15) is 0 Å². The number of aliphatic carboxylic acids is 1. The second-order valence-electron chi connectivity index (χ2n) is 5.06. The van der Waals surface area contributed by atoms with Gasteiger partial charge in [0.2, 0.25) is 0 Å². The number of carboxylic acids is 1. The molecule has 1 aromatic rings. The standard InChI is InChI=1S/C16H24N2O5/c1-12-4-5-13(14(10-12)23-9-3-8-22-2)11-18-16(21)17-7-6-15(19)20/h4-5,10H,3,6-9,11H2,1-2H3,(H,19,20)(H2,17,18,21). The molecule has 0 heterocycles. The van der Waals surface area contributed by atoms with Crippen LogP contribution in [0, 0.1) is 6.92 Å². The monoisotopic (exact) mass is 324 g/mol. The summed E-state index contributed by atoms with van der Waals surface area (Å²) in [6.45, 7) is 3.53. The van der Waals surface area contributed by atoms with Crippen molar-refractivity contribution < 1.29 is 24.2 Å². The molecule has 128 valence electrons. The molecule has 0 aliphatic heterocycles. The maximum atomic E-state index is 11.6. The van der Waals surface area contributed by atoms with Crippen LogP contribution in [0.2, 0.25) is 0 Å². The molecule has 7 nitrogen and oxygen atoms in total. The number of rotatable bonds is 10. The zero-order valence-electron chi connectivity index (χ0n) is 13.6. The van der Waals surface area contributed by atoms with Crippen LogP contribution >= 0.6 is 0 Å². The summed E-state index contributed by atoms with van der Waals surface area (Å²) in [5.41, 5.74) is 1.93. The van der Waals surface area contributed by atoms with Crippen LogP contribution in [-0.2, 0) is 16.1 Å². The Labute approximate surface area is 136 Å². The number of amides is 2. The maximum absolute atomic E-state index is 11.6. The largest absolute Gasteiger partial charge is 0.493 e. The van der Waals surface area contributed by atoms with Crippen LogP contribution < -0.4 is 15.4 Å². The van der Waals surface area contributed by atoms with Crippen molar-refractivity contribution in [3.8, 4) is 5.75 Å². The van der Waals surface area contributed by atoms with E-state index in [2.05, 4.69) is 10.6 Å². The minimum Gasteiger partial charge on any atom is -0.493 e. The number of benzene rings is 1. The predicted molar refractivity (Wildman–Crippen MR) is 85.7 cm³/mol. The van der Waals surface area contributed by atoms with E-state index in [1.54, 1.807) is 7.11 Å². The second-order valence-corrected chi connectivity index (χ2v) is 5.06. The van der Waals surface area contributed by atoms with Gasteiger partial charge in [0.25, 0.3) is 0 Å². The van der Waals surface area contributed by atoms with Crippen LogP contribution in [0.3, 0.4) is 0 Å². The zero-order valence-corrected chi connectivity index (χ0v) is 13.6. The zero-order chi connectivity index (χ0) is 17.1. The number of carbonyl (C=O) groups is 2. The van der Waals surface area contributed by atoms with E-state index in [1.807, 2.05) is 25.1 Å². The summed E-state index contributed by atoms with van der Waals surface area (Å²) in [4.78, 5) is 22.0. The third-order valence-electron chi connectivity index (χ3n) is 3.04. The van der Waals surface area contributed by atoms with Gasteiger partial charge in [-0.15, -0.1) is 0 Å². The van der Waals surface area contributed by atoms with Gasteiger partial charge < -0.3 is 25.2 Å². The molecule has 0 spiro atoms. The first-order valence-corrected chi connectivity index (χ1v) is 7.47. The normalized spacial score (nSPS) is 10.2. The molecule has 23 heavy (non-hydrogen) atoms. The fourth-order valence-corrected chi connectivity index (χ4v) is 1.85. The van der Waals surface area contributed by atoms with Crippen molar-refractivity contribution in [1.29, 1.82) is 0 Å². The molecule has 0 fully saturated rings. The van der Waals surface area contributed by atoms with Gasteiger partial charge in [0, 0.05) is 38.8 Å². The molecule has 0 bridgehead atoms. The van der Waals surface area contributed by atoms with Crippen molar-refractivity contribution in [2.24, 2.45) is 0 Å². The van der Waals surface area contributed by atoms with E-state index in [0.717, 1.165) is 23.3 Å². The van der Waals surface area contributed by atoms with Gasteiger partial charge in [-0.1, -0.05) is 12.1 Å². The molecule has 0 atom stereocenters. The van der Waals surface area contributed by atoms with Crippen molar-refractivity contribution in [2.75, 3.05) is 26.9 Å². The van der Waals surface area contributed by atoms with Gasteiger partial charge in [-0.25, -0.2) is 4.79 Å². The van der Waals surface area contributed by atoms with E-state index < -0.39 is 12.0 Å². The molecule has 1 rings (SSSR count). The Morgan fingerprint density at radius 2 is 2.00 bits per heavy atom. The summed E-state index contributed by atoms with van der Waals surface area (Å²) in [6, 6.07) is 5.36. The van der Waals surface area contributed by atoms with Crippen LogP contribution in [0.25, 0.3) is 0 Å². The third-order valence-corrected chi connectivity index (χ3v) is 3.04. The first kappa shape index (κ1) is 18.8. The fourth-order valence-electron chi connectivity index (χ4n) is 1.85. The number of carboxylic acid groups (broad SMARTS) is 1. The number of nitrogens with one attached hydrogen (secondary N) is 2. The lowest BCUT2D eigenvalue weighted by Gasteiger charge is -2.13. The number of ether oxygens (including phenoxy) is 2. The summed E-state index contributed by atoms with van der Waals surface area (Å²) in [5.74, 6) is -0.220. The number of methoxy groups -OCH3 is 1. The molecule has 0 saturated carbocycles. The molecule has 0 unspecified atom stereocenters. The number of hydrogen-bond donors (Lipinski definition) is 3. The Hall–Kier alpha value is -2.28. The van der Waals surface area contributed by atoms with E-state index >= 15 is 0 Å². The molecule has 0 aromatic heterocycles. The van der Waals surface area contributed by atoms with Gasteiger partial charge >= 0.3 is 12.0 Å². The van der Waals surface area contributed by atoms with Crippen LogP contribution in [0.5, 0.6) is 5.75 Å². The molecule has 7 heteroatoms. The lowest BCUT2D eigenvalue weighted by Crippen LogP contribution is -2.36. The van der Waals surface area contributed by atoms with Crippen LogP contribution in [0.4, 0.5) is 4.79 Å². The first-order valence-electron chi connectivity index (χ1n) is 7.47. The quantitative estimate of drug-likeness (QED) is 0.569. The fraction of sp³-hybridized carbons (Fsp3) is 0.500. The highest BCUT2D eigenvalue weighted by molar-refractivity contribution is 5.75. The van der Waals surface area contributed by atoms with Crippen molar-refractivity contribution in [3.05, 3.63) is 29.3 Å². The maximum Gasteiger partial charge on any atom is 0.315 e. The summed E-state index contributed by atoms with van der Waals surface area (Å²) in [6.07, 6.45) is 0.679. The molecular weight excluding hydrogens is 300 g/mol. The van der Waals surface area contributed by atoms with E-state index in [4.69, 9.17) is 14.6 Å². The van der Waals surface area contributed by atoms with E-state index in [0.29, 0.717) is 19.8 Å². The lowest BCUT2D eigenvalue weighted by molar-refractivity contribution is -0.136. The highest BCUT2D eigenvalue weighted by atomic mass is 16.5. The summed E-state index contributed by atoms with van der Waals surface area (Å²) in [5, 5.41) is 13.7. The lowest BCUT2D eigenvalue weighted by atomic mass is 10.1. The Morgan fingerprint density at radius 1 is 1.22 bits per heavy atom. The highest BCUT2D eigenvalue weighted by Gasteiger charge is 2.07. The number of aryl methyl sites for hydroxylation is 1. The summed E-state index contributed by atoms with van der Waals surface area (Å²) < 4.78 is 10.7. The third kappa shape index (κ3) is 8.06. The molecule has 3 N–H and O–H groups in total. The van der Waals surface area contributed by atoms with Gasteiger partial charge in [-0.3, -0.25) is 4.79 Å². The van der Waals surface area contributed by atoms with E-state index in [-0.39, 0.29) is 13.0 Å². The van der Waals surface area contributed by atoms with E-state index in [1.165, 1.54) is 0 Å². The number of hydrogen-bond acceptors (Lipinski definition) is 4. The van der Waals surface area contributed by atoms with Crippen molar-refractivity contribution in [2.45, 2.75) is 26.3 Å². The Kier molecular flexibility index (Phi) is 8.52. The molecule has 0 aliphatic carbocycles. The Morgan fingerprint density at radius 3 is 2.70 bits per heavy atom. The molecular formula is C16H24N2O5. The average molecular weight is 324 g/mol. The molecule has 0 radical (unpaired) electrons. The molecule has 0 saturated heterocycles. The highest BCUT2D eigenvalue weighted by Crippen LogP contribution is 2.20.